The summed E-state index contributed by atoms with van der Waals surface area (Å²) in [5.41, 5.74) is 6.87. The molecule has 2 aliphatic rings. The Hall–Kier alpha value is -0.120. The first-order valence-electron chi connectivity index (χ1n) is 7.58. The van der Waals surface area contributed by atoms with Crippen molar-refractivity contribution in [2.24, 2.45) is 11.1 Å². The zero-order valence-electron chi connectivity index (χ0n) is 12.7. The van der Waals surface area contributed by atoms with Gasteiger partial charge in [-0.3, -0.25) is 4.90 Å². The molecule has 1 saturated carbocycles. The normalized spacial score (nSPS) is 38.0. The molecule has 2 rings (SSSR count). The second-order valence-corrected chi connectivity index (χ2v) is 7.23. The fraction of sp³-hybridized carbons (Fsp3) is 1.00. The summed E-state index contributed by atoms with van der Waals surface area (Å²) in [5, 5.41) is 0. The molecule has 1 aliphatic carbocycles. The highest BCUT2D eigenvalue weighted by molar-refractivity contribution is 4.97. The van der Waals surface area contributed by atoms with E-state index < -0.39 is 0 Å². The van der Waals surface area contributed by atoms with E-state index in [4.69, 9.17) is 5.73 Å². The molecule has 2 N–H and O–H groups in total. The molecule has 106 valence electrons. The second kappa shape index (κ2) is 5.48. The molecule has 0 radical (unpaired) electrons. The Morgan fingerprint density at radius 1 is 1.17 bits per heavy atom. The van der Waals surface area contributed by atoms with Crippen molar-refractivity contribution in [3.8, 4) is 0 Å². The summed E-state index contributed by atoms with van der Waals surface area (Å²) in [6.45, 7) is 7.15. The SMILES string of the molecule is CN(C)C1CCCN(C2CCCC(C)(C)C2N)C1. The number of nitrogens with zero attached hydrogens (tertiary/aromatic N) is 2. The van der Waals surface area contributed by atoms with Crippen LogP contribution in [-0.4, -0.2) is 55.1 Å². The van der Waals surface area contributed by atoms with E-state index in [1.165, 1.54) is 45.2 Å². The molecule has 1 saturated heterocycles. The van der Waals surface area contributed by atoms with E-state index in [1.54, 1.807) is 0 Å². The molecule has 1 aliphatic heterocycles. The molecule has 1 heterocycles. The maximum atomic E-state index is 6.55. The van der Waals surface area contributed by atoms with Crippen LogP contribution in [0.4, 0.5) is 0 Å². The van der Waals surface area contributed by atoms with Crippen LogP contribution in [0.1, 0.15) is 46.0 Å². The quantitative estimate of drug-likeness (QED) is 0.816. The molecule has 0 bridgehead atoms. The van der Waals surface area contributed by atoms with Crippen LogP contribution >= 0.6 is 0 Å². The van der Waals surface area contributed by atoms with E-state index >= 15 is 0 Å². The zero-order chi connectivity index (χ0) is 13.3. The number of piperidine rings is 1. The van der Waals surface area contributed by atoms with Crippen molar-refractivity contribution in [2.45, 2.75) is 64.1 Å². The van der Waals surface area contributed by atoms with Crippen LogP contribution in [0.3, 0.4) is 0 Å². The number of nitrogens with two attached hydrogens (primary N) is 1. The van der Waals surface area contributed by atoms with E-state index in [-0.39, 0.29) is 0 Å². The van der Waals surface area contributed by atoms with Gasteiger partial charge in [-0.05, 0) is 51.7 Å². The van der Waals surface area contributed by atoms with Gasteiger partial charge in [-0.1, -0.05) is 20.3 Å². The van der Waals surface area contributed by atoms with Crippen LogP contribution in [0, 0.1) is 5.41 Å². The third kappa shape index (κ3) is 2.89. The summed E-state index contributed by atoms with van der Waals surface area (Å²) in [7, 11) is 4.41. The topological polar surface area (TPSA) is 32.5 Å². The maximum absolute atomic E-state index is 6.55. The molecule has 2 fully saturated rings. The monoisotopic (exact) mass is 253 g/mol. The molecule has 0 aromatic rings. The summed E-state index contributed by atoms with van der Waals surface area (Å²) in [5.74, 6) is 0. The molecule has 0 aromatic heterocycles. The largest absolute Gasteiger partial charge is 0.326 e. The lowest BCUT2D eigenvalue weighted by Crippen LogP contribution is -2.60. The van der Waals surface area contributed by atoms with E-state index in [0.717, 1.165) is 6.04 Å². The fourth-order valence-corrected chi connectivity index (χ4v) is 3.75. The van der Waals surface area contributed by atoms with Gasteiger partial charge in [0.1, 0.15) is 0 Å². The van der Waals surface area contributed by atoms with Gasteiger partial charge in [0.05, 0.1) is 0 Å². The molecule has 3 unspecified atom stereocenters. The first-order valence-corrected chi connectivity index (χ1v) is 7.58. The molecular formula is C15H31N3. The van der Waals surface area contributed by atoms with E-state index in [9.17, 15) is 0 Å². The van der Waals surface area contributed by atoms with E-state index in [1.807, 2.05) is 0 Å². The number of rotatable bonds is 2. The summed E-state index contributed by atoms with van der Waals surface area (Å²) >= 11 is 0. The minimum absolute atomic E-state index is 0.313. The van der Waals surface area contributed by atoms with Gasteiger partial charge in [-0.25, -0.2) is 0 Å². The average Bonchev–Trinajstić information content (AvgIpc) is 2.33. The summed E-state index contributed by atoms with van der Waals surface area (Å²) in [6, 6.07) is 1.67. The van der Waals surface area contributed by atoms with Crippen LogP contribution in [-0.2, 0) is 0 Å². The molecule has 0 aromatic carbocycles. The van der Waals surface area contributed by atoms with E-state index in [2.05, 4.69) is 37.7 Å². The number of hydrogen-bond donors (Lipinski definition) is 1. The Bertz CT molecular complexity index is 275. The standard InChI is InChI=1S/C15H31N3/c1-15(2)9-5-8-13(14(15)16)18-10-6-7-12(11-18)17(3)4/h12-14H,5-11,16H2,1-4H3. The third-order valence-corrected chi connectivity index (χ3v) is 5.27. The van der Waals surface area contributed by atoms with Gasteiger partial charge in [-0.2, -0.15) is 0 Å². The molecule has 3 atom stereocenters. The van der Waals surface area contributed by atoms with Gasteiger partial charge in [0, 0.05) is 24.7 Å². The first kappa shape index (κ1) is 14.3. The van der Waals surface area contributed by atoms with Crippen molar-refractivity contribution in [2.75, 3.05) is 27.2 Å². The third-order valence-electron chi connectivity index (χ3n) is 5.27. The predicted octanol–water partition coefficient (Wildman–Crippen LogP) is 1.92. The smallest absolute Gasteiger partial charge is 0.0253 e. The average molecular weight is 253 g/mol. The first-order chi connectivity index (χ1) is 8.42. The zero-order valence-corrected chi connectivity index (χ0v) is 12.7. The minimum Gasteiger partial charge on any atom is -0.326 e. The van der Waals surface area contributed by atoms with Crippen molar-refractivity contribution in [1.29, 1.82) is 0 Å². The summed E-state index contributed by atoms with van der Waals surface area (Å²) in [6.07, 6.45) is 6.59. The van der Waals surface area contributed by atoms with Gasteiger partial charge in [0.25, 0.3) is 0 Å². The van der Waals surface area contributed by atoms with E-state index in [0.29, 0.717) is 17.5 Å². The van der Waals surface area contributed by atoms with Crippen molar-refractivity contribution >= 4 is 0 Å². The minimum atomic E-state index is 0.313. The highest BCUT2D eigenvalue weighted by Crippen LogP contribution is 2.37. The lowest BCUT2D eigenvalue weighted by molar-refractivity contribution is 0.0309. The lowest BCUT2D eigenvalue weighted by atomic mass is 9.70. The molecule has 3 nitrogen and oxygen atoms in total. The number of likely N-dealkylation sites (tertiary alicyclic amines) is 1. The number of hydrogen-bond acceptors (Lipinski definition) is 3. The maximum Gasteiger partial charge on any atom is 0.0253 e. The van der Waals surface area contributed by atoms with Gasteiger partial charge >= 0.3 is 0 Å². The van der Waals surface area contributed by atoms with Gasteiger partial charge in [0.2, 0.25) is 0 Å². The van der Waals surface area contributed by atoms with Crippen LogP contribution in [0.2, 0.25) is 0 Å². The Balaban J connectivity index is 2.02. The highest BCUT2D eigenvalue weighted by Gasteiger charge is 2.40. The van der Waals surface area contributed by atoms with Crippen LogP contribution in [0.25, 0.3) is 0 Å². The lowest BCUT2D eigenvalue weighted by Gasteiger charge is -2.49. The van der Waals surface area contributed by atoms with Gasteiger partial charge in [-0.15, -0.1) is 0 Å². The Morgan fingerprint density at radius 2 is 1.89 bits per heavy atom. The molecule has 3 heteroatoms. The van der Waals surface area contributed by atoms with Gasteiger partial charge < -0.3 is 10.6 Å². The second-order valence-electron chi connectivity index (χ2n) is 7.23. The van der Waals surface area contributed by atoms with Crippen LogP contribution < -0.4 is 5.73 Å². The van der Waals surface area contributed by atoms with Crippen molar-refractivity contribution in [3.05, 3.63) is 0 Å². The Kier molecular flexibility index (Phi) is 4.35. The fourth-order valence-electron chi connectivity index (χ4n) is 3.75. The Labute approximate surface area is 113 Å². The van der Waals surface area contributed by atoms with Crippen molar-refractivity contribution < 1.29 is 0 Å². The highest BCUT2D eigenvalue weighted by atomic mass is 15.2. The van der Waals surface area contributed by atoms with Gasteiger partial charge in [0.15, 0.2) is 0 Å². The Morgan fingerprint density at radius 3 is 2.56 bits per heavy atom. The van der Waals surface area contributed by atoms with Crippen LogP contribution in [0.15, 0.2) is 0 Å². The van der Waals surface area contributed by atoms with Crippen molar-refractivity contribution in [1.82, 2.24) is 9.80 Å². The number of likely N-dealkylation sites (N-methyl/N-ethyl adjacent to an activating group) is 1. The van der Waals surface area contributed by atoms with Crippen molar-refractivity contribution in [3.63, 3.8) is 0 Å². The summed E-state index contributed by atoms with van der Waals surface area (Å²) in [4.78, 5) is 5.06. The molecule has 0 spiro atoms. The predicted molar refractivity (Wildman–Crippen MR) is 77.7 cm³/mol. The summed E-state index contributed by atoms with van der Waals surface area (Å²) < 4.78 is 0. The molecular weight excluding hydrogens is 222 g/mol. The van der Waals surface area contributed by atoms with Crippen LogP contribution in [0.5, 0.6) is 0 Å². The molecule has 18 heavy (non-hydrogen) atoms. The molecule has 0 amide bonds.